The number of benzene rings is 2. The highest BCUT2D eigenvalue weighted by atomic mass is 32.2. The monoisotopic (exact) mass is 433 g/mol. The van der Waals surface area contributed by atoms with Gasteiger partial charge in [-0.25, -0.2) is 4.98 Å². The number of nitrogens with zero attached hydrogens (tertiary/aromatic N) is 5. The highest BCUT2D eigenvalue weighted by Crippen LogP contribution is 2.23. The second-order valence-electron chi connectivity index (χ2n) is 6.82. The van der Waals surface area contributed by atoms with E-state index in [0.29, 0.717) is 40.1 Å². The Kier molecular flexibility index (Phi) is 6.13. The molecule has 0 atom stereocenters. The molecule has 4 aromatic rings. The Bertz CT molecular complexity index is 1290. The third-order valence-electron chi connectivity index (χ3n) is 4.82. The van der Waals surface area contributed by atoms with Gasteiger partial charge in [0.1, 0.15) is 5.82 Å². The summed E-state index contributed by atoms with van der Waals surface area (Å²) < 4.78 is 1.66. The number of nitrogens with one attached hydrogen (secondary N) is 1. The van der Waals surface area contributed by atoms with E-state index >= 15 is 0 Å². The van der Waals surface area contributed by atoms with E-state index < -0.39 is 0 Å². The molecule has 4 rings (SSSR count). The number of thioether (sulfide) groups is 1. The molecule has 158 valence electrons. The van der Waals surface area contributed by atoms with Gasteiger partial charge in [-0.3, -0.25) is 9.36 Å². The Hall–Kier alpha value is -3.46. The van der Waals surface area contributed by atoms with Gasteiger partial charge in [0.05, 0.1) is 16.7 Å². The van der Waals surface area contributed by atoms with Gasteiger partial charge in [0.2, 0.25) is 11.9 Å². The van der Waals surface area contributed by atoms with Gasteiger partial charge in [-0.15, -0.1) is 0 Å². The maximum atomic E-state index is 12.8. The molecule has 0 amide bonds. The van der Waals surface area contributed by atoms with Gasteiger partial charge < -0.3 is 11.1 Å². The fourth-order valence-corrected chi connectivity index (χ4v) is 4.21. The average Bonchev–Trinajstić information content (AvgIpc) is 2.78. The zero-order valence-electron chi connectivity index (χ0n) is 17.4. The number of aryl methyl sites for hydroxylation is 1. The van der Waals surface area contributed by atoms with E-state index in [0.717, 1.165) is 17.7 Å². The van der Waals surface area contributed by atoms with Crippen molar-refractivity contribution in [2.45, 2.75) is 37.7 Å². The third kappa shape index (κ3) is 4.51. The lowest BCUT2D eigenvalue weighted by Gasteiger charge is -2.12. The van der Waals surface area contributed by atoms with E-state index in [-0.39, 0.29) is 11.5 Å². The van der Waals surface area contributed by atoms with Gasteiger partial charge in [0.15, 0.2) is 5.16 Å². The van der Waals surface area contributed by atoms with E-state index in [1.165, 1.54) is 11.8 Å². The summed E-state index contributed by atoms with van der Waals surface area (Å²) in [7, 11) is 0. The molecule has 0 unspecified atom stereocenters. The van der Waals surface area contributed by atoms with Crippen molar-refractivity contribution in [2.75, 3.05) is 11.1 Å². The van der Waals surface area contributed by atoms with Crippen LogP contribution in [0.1, 0.15) is 25.2 Å². The van der Waals surface area contributed by atoms with Crippen molar-refractivity contribution in [2.24, 2.45) is 0 Å². The number of nitrogen functional groups attached to an aromatic ring is 1. The van der Waals surface area contributed by atoms with Crippen molar-refractivity contribution in [1.82, 2.24) is 24.5 Å². The molecule has 0 saturated heterocycles. The van der Waals surface area contributed by atoms with Gasteiger partial charge in [-0.2, -0.15) is 15.0 Å². The van der Waals surface area contributed by atoms with E-state index in [4.69, 9.17) is 5.73 Å². The SMILES string of the molecule is CCc1ccccc1Nc1nc(N)nc(CSc2nc3ccccc3c(=O)n2CC)n1. The number of aromatic nitrogens is 5. The van der Waals surface area contributed by atoms with E-state index in [9.17, 15) is 4.79 Å². The van der Waals surface area contributed by atoms with Crippen LogP contribution in [0.4, 0.5) is 17.6 Å². The summed E-state index contributed by atoms with van der Waals surface area (Å²) >= 11 is 1.40. The lowest BCUT2D eigenvalue weighted by atomic mass is 10.1. The minimum atomic E-state index is -0.0516. The number of anilines is 3. The van der Waals surface area contributed by atoms with E-state index in [1.54, 1.807) is 10.6 Å². The summed E-state index contributed by atoms with van der Waals surface area (Å²) in [5.41, 5.74) is 8.64. The number of hydrogen-bond acceptors (Lipinski definition) is 8. The predicted molar refractivity (Wildman–Crippen MR) is 125 cm³/mol. The lowest BCUT2D eigenvalue weighted by Crippen LogP contribution is -2.22. The summed E-state index contributed by atoms with van der Waals surface area (Å²) in [5, 5.41) is 4.47. The zero-order valence-corrected chi connectivity index (χ0v) is 18.2. The van der Waals surface area contributed by atoms with Gasteiger partial charge in [0.25, 0.3) is 5.56 Å². The summed E-state index contributed by atoms with van der Waals surface area (Å²) in [6.07, 6.45) is 0.884. The molecular formula is C22H23N7OS. The minimum absolute atomic E-state index is 0.0516. The molecule has 9 heteroatoms. The molecule has 0 spiro atoms. The van der Waals surface area contributed by atoms with Crippen LogP contribution in [0.2, 0.25) is 0 Å². The summed E-state index contributed by atoms with van der Waals surface area (Å²) in [6, 6.07) is 15.3. The van der Waals surface area contributed by atoms with Crippen LogP contribution < -0.4 is 16.6 Å². The molecule has 0 fully saturated rings. The van der Waals surface area contributed by atoms with Crippen LogP contribution in [0.15, 0.2) is 58.5 Å². The predicted octanol–water partition coefficient (Wildman–Crippen LogP) is 3.78. The second kappa shape index (κ2) is 9.13. The molecule has 0 bridgehead atoms. The first-order valence-corrected chi connectivity index (χ1v) is 11.0. The first-order chi connectivity index (χ1) is 15.1. The number of rotatable bonds is 7. The largest absolute Gasteiger partial charge is 0.368 e. The summed E-state index contributed by atoms with van der Waals surface area (Å²) in [6.45, 7) is 4.54. The minimum Gasteiger partial charge on any atom is -0.368 e. The summed E-state index contributed by atoms with van der Waals surface area (Å²) in [5.74, 6) is 1.45. The number of nitrogens with two attached hydrogens (primary N) is 1. The van der Waals surface area contributed by atoms with E-state index in [2.05, 4.69) is 38.2 Å². The van der Waals surface area contributed by atoms with Gasteiger partial charge >= 0.3 is 0 Å². The third-order valence-corrected chi connectivity index (χ3v) is 5.79. The smallest absolute Gasteiger partial charge is 0.262 e. The Balaban J connectivity index is 1.60. The molecular weight excluding hydrogens is 410 g/mol. The maximum absolute atomic E-state index is 12.8. The molecule has 0 aliphatic heterocycles. The van der Waals surface area contributed by atoms with Crippen molar-refractivity contribution in [3.05, 3.63) is 70.3 Å². The molecule has 0 saturated carbocycles. The van der Waals surface area contributed by atoms with Crippen molar-refractivity contribution in [1.29, 1.82) is 0 Å². The maximum Gasteiger partial charge on any atom is 0.262 e. The van der Waals surface area contributed by atoms with Crippen LogP contribution in [0.25, 0.3) is 10.9 Å². The standard InChI is InChI=1S/C22H23N7OS/c1-3-14-9-5-7-11-16(14)24-21-27-18(26-20(23)28-21)13-31-22-25-17-12-8-6-10-15(17)19(30)29(22)4-2/h5-12H,3-4,13H2,1-2H3,(H3,23,24,26,27,28). The van der Waals surface area contributed by atoms with Gasteiger partial charge in [0, 0.05) is 12.2 Å². The number of hydrogen-bond donors (Lipinski definition) is 2. The van der Waals surface area contributed by atoms with Crippen molar-refractivity contribution in [3.8, 4) is 0 Å². The van der Waals surface area contributed by atoms with Crippen LogP contribution in [-0.4, -0.2) is 24.5 Å². The molecule has 2 aromatic carbocycles. The van der Waals surface area contributed by atoms with Crippen molar-refractivity contribution in [3.63, 3.8) is 0 Å². The van der Waals surface area contributed by atoms with Crippen molar-refractivity contribution >= 4 is 40.2 Å². The lowest BCUT2D eigenvalue weighted by molar-refractivity contribution is 0.634. The Labute approximate surface area is 184 Å². The first kappa shape index (κ1) is 20.8. The van der Waals surface area contributed by atoms with Crippen LogP contribution in [0.3, 0.4) is 0 Å². The normalized spacial score (nSPS) is 11.0. The Morgan fingerprint density at radius 3 is 2.58 bits per heavy atom. The second-order valence-corrected chi connectivity index (χ2v) is 7.76. The molecule has 8 nitrogen and oxygen atoms in total. The number of fused-ring (bicyclic) bond motifs is 1. The fourth-order valence-electron chi connectivity index (χ4n) is 3.30. The molecule has 0 aliphatic rings. The van der Waals surface area contributed by atoms with Crippen LogP contribution in [-0.2, 0) is 18.7 Å². The number of para-hydroxylation sites is 2. The Morgan fingerprint density at radius 2 is 1.77 bits per heavy atom. The summed E-state index contributed by atoms with van der Waals surface area (Å²) in [4.78, 5) is 30.4. The average molecular weight is 434 g/mol. The fraction of sp³-hybridized carbons (Fsp3) is 0.227. The molecule has 31 heavy (non-hydrogen) atoms. The Morgan fingerprint density at radius 1 is 1.00 bits per heavy atom. The van der Waals surface area contributed by atoms with Crippen LogP contribution in [0, 0.1) is 0 Å². The molecule has 2 heterocycles. The topological polar surface area (TPSA) is 112 Å². The molecule has 3 N–H and O–H groups in total. The van der Waals surface area contributed by atoms with Crippen LogP contribution in [0.5, 0.6) is 0 Å². The zero-order chi connectivity index (χ0) is 21.8. The van der Waals surface area contributed by atoms with Crippen LogP contribution >= 0.6 is 11.8 Å². The van der Waals surface area contributed by atoms with E-state index in [1.807, 2.05) is 43.3 Å². The highest BCUT2D eigenvalue weighted by molar-refractivity contribution is 7.98. The quantitative estimate of drug-likeness (QED) is 0.334. The molecule has 0 radical (unpaired) electrons. The van der Waals surface area contributed by atoms with Gasteiger partial charge in [-0.1, -0.05) is 49.0 Å². The first-order valence-electron chi connectivity index (χ1n) is 10.1. The molecule has 0 aliphatic carbocycles. The van der Waals surface area contributed by atoms with Gasteiger partial charge in [-0.05, 0) is 37.1 Å². The molecule has 2 aromatic heterocycles. The highest BCUT2D eigenvalue weighted by Gasteiger charge is 2.13. The van der Waals surface area contributed by atoms with Crippen molar-refractivity contribution < 1.29 is 0 Å².